The second kappa shape index (κ2) is 6.17. The fraction of sp³-hybridized carbons (Fsp3) is 0.357. The molecule has 6 heteroatoms. The Bertz CT molecular complexity index is 559. The highest BCUT2D eigenvalue weighted by Crippen LogP contribution is 2.19. The van der Waals surface area contributed by atoms with Gasteiger partial charge >= 0.3 is 6.03 Å². The number of imide groups is 2. The van der Waals surface area contributed by atoms with Gasteiger partial charge in [0.25, 0.3) is 0 Å². The Balaban J connectivity index is 2.19. The average molecular weight is 339 g/mol. The van der Waals surface area contributed by atoms with Crippen molar-refractivity contribution in [1.82, 2.24) is 10.2 Å². The lowest BCUT2D eigenvalue weighted by atomic mass is 9.99. The predicted octanol–water partition coefficient (Wildman–Crippen LogP) is 2.44. The molecule has 0 spiro atoms. The molecule has 0 radical (unpaired) electrons. The molecule has 1 saturated heterocycles. The number of halogens is 1. The SMILES string of the molecule is CCCC1C(=O)NC(=O)N(Cc2cccc(Br)c2)C1=O. The molecule has 1 N–H and O–H groups in total. The Morgan fingerprint density at radius 3 is 2.70 bits per heavy atom. The summed E-state index contributed by atoms with van der Waals surface area (Å²) in [5.41, 5.74) is 0.826. The van der Waals surface area contributed by atoms with Crippen LogP contribution in [-0.2, 0) is 16.1 Å². The van der Waals surface area contributed by atoms with E-state index in [1.54, 1.807) is 0 Å². The van der Waals surface area contributed by atoms with Crippen molar-refractivity contribution in [1.29, 1.82) is 0 Å². The van der Waals surface area contributed by atoms with Gasteiger partial charge in [0.15, 0.2) is 0 Å². The molecule has 0 saturated carbocycles. The minimum Gasteiger partial charge on any atom is -0.277 e. The van der Waals surface area contributed by atoms with Crippen LogP contribution in [0.15, 0.2) is 28.7 Å². The molecule has 5 nitrogen and oxygen atoms in total. The van der Waals surface area contributed by atoms with E-state index in [-0.39, 0.29) is 6.54 Å². The van der Waals surface area contributed by atoms with Crippen molar-refractivity contribution < 1.29 is 14.4 Å². The molecule has 2 rings (SSSR count). The van der Waals surface area contributed by atoms with Crippen molar-refractivity contribution in [3.8, 4) is 0 Å². The number of amides is 4. The van der Waals surface area contributed by atoms with E-state index in [1.807, 2.05) is 31.2 Å². The zero-order valence-corrected chi connectivity index (χ0v) is 12.6. The number of rotatable bonds is 4. The number of barbiturate groups is 1. The lowest BCUT2D eigenvalue weighted by Crippen LogP contribution is -2.57. The third-order valence-corrected chi connectivity index (χ3v) is 3.66. The van der Waals surface area contributed by atoms with Crippen LogP contribution < -0.4 is 5.32 Å². The van der Waals surface area contributed by atoms with Gasteiger partial charge in [-0.1, -0.05) is 41.4 Å². The van der Waals surface area contributed by atoms with Crippen LogP contribution in [0, 0.1) is 5.92 Å². The molecule has 0 bridgehead atoms. The topological polar surface area (TPSA) is 66.5 Å². The number of nitrogens with zero attached hydrogens (tertiary/aromatic N) is 1. The smallest absolute Gasteiger partial charge is 0.277 e. The first kappa shape index (κ1) is 14.7. The number of hydrogen-bond donors (Lipinski definition) is 1. The third-order valence-electron chi connectivity index (χ3n) is 3.16. The predicted molar refractivity (Wildman–Crippen MR) is 76.6 cm³/mol. The molecular formula is C14H15BrN2O3. The summed E-state index contributed by atoms with van der Waals surface area (Å²) in [6, 6.07) is 6.72. The Morgan fingerprint density at radius 2 is 2.05 bits per heavy atom. The zero-order valence-electron chi connectivity index (χ0n) is 11.1. The Kier molecular flexibility index (Phi) is 4.54. The van der Waals surface area contributed by atoms with Gasteiger partial charge in [0.2, 0.25) is 11.8 Å². The quantitative estimate of drug-likeness (QED) is 0.857. The highest BCUT2D eigenvalue weighted by molar-refractivity contribution is 9.10. The molecule has 1 aromatic carbocycles. The van der Waals surface area contributed by atoms with Crippen molar-refractivity contribution in [2.45, 2.75) is 26.3 Å². The van der Waals surface area contributed by atoms with Crippen LogP contribution in [0.5, 0.6) is 0 Å². The Hall–Kier alpha value is -1.69. The normalized spacial score (nSPS) is 19.2. The number of benzene rings is 1. The molecule has 106 valence electrons. The molecule has 1 aromatic rings. The largest absolute Gasteiger partial charge is 0.331 e. The minimum absolute atomic E-state index is 0.164. The molecule has 1 atom stereocenters. The first-order valence-electron chi connectivity index (χ1n) is 6.43. The van der Waals surface area contributed by atoms with E-state index in [4.69, 9.17) is 0 Å². The van der Waals surface area contributed by atoms with Crippen molar-refractivity contribution in [2.24, 2.45) is 5.92 Å². The summed E-state index contributed by atoms with van der Waals surface area (Å²) in [5, 5.41) is 2.25. The Morgan fingerprint density at radius 1 is 1.30 bits per heavy atom. The fourth-order valence-electron chi connectivity index (χ4n) is 2.17. The van der Waals surface area contributed by atoms with Crippen LogP contribution >= 0.6 is 15.9 Å². The molecule has 0 aromatic heterocycles. The monoisotopic (exact) mass is 338 g/mol. The fourth-order valence-corrected chi connectivity index (χ4v) is 2.62. The summed E-state index contributed by atoms with van der Waals surface area (Å²) in [6.45, 7) is 2.06. The maximum absolute atomic E-state index is 12.3. The van der Waals surface area contributed by atoms with E-state index in [0.29, 0.717) is 12.8 Å². The molecule has 0 aliphatic carbocycles. The van der Waals surface area contributed by atoms with E-state index in [1.165, 1.54) is 0 Å². The van der Waals surface area contributed by atoms with Gasteiger partial charge in [-0.15, -0.1) is 0 Å². The van der Waals surface area contributed by atoms with Gasteiger partial charge in [0, 0.05) is 4.47 Å². The first-order chi connectivity index (χ1) is 9.52. The molecule has 1 fully saturated rings. The van der Waals surface area contributed by atoms with Gasteiger partial charge in [0.05, 0.1) is 6.54 Å². The van der Waals surface area contributed by atoms with Gasteiger partial charge in [-0.05, 0) is 24.1 Å². The highest BCUT2D eigenvalue weighted by atomic mass is 79.9. The standard InChI is InChI=1S/C14H15BrN2O3/c1-2-4-11-12(18)16-14(20)17(13(11)19)8-9-5-3-6-10(15)7-9/h3,5-7,11H,2,4,8H2,1H3,(H,16,18,20). The van der Waals surface area contributed by atoms with E-state index in [9.17, 15) is 14.4 Å². The van der Waals surface area contributed by atoms with Gasteiger partial charge in [-0.3, -0.25) is 19.8 Å². The van der Waals surface area contributed by atoms with Gasteiger partial charge in [0.1, 0.15) is 5.92 Å². The van der Waals surface area contributed by atoms with Crippen molar-refractivity contribution in [3.63, 3.8) is 0 Å². The summed E-state index contributed by atoms with van der Waals surface area (Å²) in [4.78, 5) is 36.8. The summed E-state index contributed by atoms with van der Waals surface area (Å²) in [7, 11) is 0. The van der Waals surface area contributed by atoms with Crippen molar-refractivity contribution in [2.75, 3.05) is 0 Å². The molecular weight excluding hydrogens is 324 g/mol. The maximum Gasteiger partial charge on any atom is 0.331 e. The molecule has 1 heterocycles. The molecule has 1 unspecified atom stereocenters. The van der Waals surface area contributed by atoms with Crippen LogP contribution in [0.4, 0.5) is 4.79 Å². The second-order valence-corrected chi connectivity index (χ2v) is 5.61. The van der Waals surface area contributed by atoms with Gasteiger partial charge < -0.3 is 0 Å². The van der Waals surface area contributed by atoms with Crippen LogP contribution in [0.2, 0.25) is 0 Å². The third kappa shape index (κ3) is 3.07. The maximum atomic E-state index is 12.3. The van der Waals surface area contributed by atoms with E-state index >= 15 is 0 Å². The van der Waals surface area contributed by atoms with Gasteiger partial charge in [-0.25, -0.2) is 4.79 Å². The van der Waals surface area contributed by atoms with Crippen LogP contribution in [0.25, 0.3) is 0 Å². The number of hydrogen-bond acceptors (Lipinski definition) is 3. The van der Waals surface area contributed by atoms with Crippen molar-refractivity contribution in [3.05, 3.63) is 34.3 Å². The Labute approximate surface area is 125 Å². The number of carbonyl (C=O) groups excluding carboxylic acids is 3. The number of nitrogens with one attached hydrogen (secondary N) is 1. The summed E-state index contributed by atoms with van der Waals surface area (Å²) >= 11 is 3.35. The minimum atomic E-state index is -0.759. The molecule has 1 aliphatic rings. The molecule has 4 amide bonds. The number of carbonyl (C=O) groups is 3. The first-order valence-corrected chi connectivity index (χ1v) is 7.23. The van der Waals surface area contributed by atoms with Crippen LogP contribution in [-0.4, -0.2) is 22.7 Å². The van der Waals surface area contributed by atoms with Crippen LogP contribution in [0.1, 0.15) is 25.3 Å². The number of urea groups is 1. The zero-order chi connectivity index (χ0) is 14.7. The van der Waals surface area contributed by atoms with Gasteiger partial charge in [-0.2, -0.15) is 0 Å². The highest BCUT2D eigenvalue weighted by Gasteiger charge is 2.39. The summed E-state index contributed by atoms with van der Waals surface area (Å²) < 4.78 is 0.876. The van der Waals surface area contributed by atoms with E-state index in [0.717, 1.165) is 14.9 Å². The van der Waals surface area contributed by atoms with E-state index in [2.05, 4.69) is 21.2 Å². The van der Waals surface area contributed by atoms with Crippen LogP contribution in [0.3, 0.4) is 0 Å². The van der Waals surface area contributed by atoms with Crippen molar-refractivity contribution >= 4 is 33.8 Å². The average Bonchev–Trinajstić information content (AvgIpc) is 2.39. The molecule has 20 heavy (non-hydrogen) atoms. The lowest BCUT2D eigenvalue weighted by Gasteiger charge is -2.30. The molecule has 1 aliphatic heterocycles. The summed E-state index contributed by atoms with van der Waals surface area (Å²) in [6.07, 6.45) is 1.16. The summed E-state index contributed by atoms with van der Waals surface area (Å²) in [5.74, 6) is -1.67. The second-order valence-electron chi connectivity index (χ2n) is 4.69. The lowest BCUT2D eigenvalue weighted by molar-refractivity contribution is -0.143. The van der Waals surface area contributed by atoms with E-state index < -0.39 is 23.8 Å².